The van der Waals surface area contributed by atoms with Crippen molar-refractivity contribution in [3.63, 3.8) is 0 Å². The molecular weight excluding hydrogens is 520 g/mol. The summed E-state index contributed by atoms with van der Waals surface area (Å²) in [5.74, 6) is 1.75. The fraction of sp³-hybridized carbons (Fsp3) is 0. The predicted octanol–water partition coefficient (Wildman–Crippen LogP) is 12.1. The molecule has 0 aliphatic carbocycles. The van der Waals surface area contributed by atoms with E-state index in [1.54, 1.807) is 0 Å². The molecule has 0 aliphatic rings. The fourth-order valence-electron chi connectivity index (χ4n) is 6.72. The van der Waals surface area contributed by atoms with E-state index < -0.39 is 0 Å². The molecule has 0 unspecified atom stereocenters. The van der Waals surface area contributed by atoms with E-state index in [0.29, 0.717) is 0 Å². The van der Waals surface area contributed by atoms with Crippen LogP contribution in [-0.4, -0.2) is 0 Å². The Hall–Kier alpha value is -5.66. The van der Waals surface area contributed by atoms with Gasteiger partial charge in [-0.3, -0.25) is 0 Å². The standard InChI is InChI=1S/C42H26O/c1-2-12-29-22-34(21-20-27(29)10-1)41-36-23-30-13-3-5-15-32(30)25-38(36)42(39-26-33-16-6-4-14-31(33)24-37(39)41)43-40-19-9-17-28-11-7-8-18-35(28)40/h1-26H. The van der Waals surface area contributed by atoms with Crippen LogP contribution >= 0.6 is 0 Å². The molecule has 0 aromatic heterocycles. The molecule has 0 atom stereocenters. The Morgan fingerprint density at radius 2 is 0.767 bits per heavy atom. The third-order valence-electron chi connectivity index (χ3n) is 8.80. The van der Waals surface area contributed by atoms with Gasteiger partial charge in [-0.15, -0.1) is 0 Å². The molecule has 0 amide bonds. The summed E-state index contributed by atoms with van der Waals surface area (Å²) in [6.45, 7) is 0. The lowest BCUT2D eigenvalue weighted by atomic mass is 9.88. The maximum Gasteiger partial charge on any atom is 0.143 e. The van der Waals surface area contributed by atoms with Gasteiger partial charge < -0.3 is 4.74 Å². The second kappa shape index (κ2) is 9.44. The van der Waals surface area contributed by atoms with Crippen LogP contribution in [0.15, 0.2) is 158 Å². The lowest BCUT2D eigenvalue weighted by Crippen LogP contribution is -1.94. The van der Waals surface area contributed by atoms with Gasteiger partial charge in [0.25, 0.3) is 0 Å². The minimum Gasteiger partial charge on any atom is -0.455 e. The summed E-state index contributed by atoms with van der Waals surface area (Å²) in [4.78, 5) is 0. The van der Waals surface area contributed by atoms with Crippen LogP contribution in [0.3, 0.4) is 0 Å². The zero-order valence-electron chi connectivity index (χ0n) is 23.4. The molecule has 0 aliphatic heterocycles. The van der Waals surface area contributed by atoms with Crippen molar-refractivity contribution in [3.8, 4) is 22.6 Å². The zero-order chi connectivity index (χ0) is 28.3. The average molecular weight is 547 g/mol. The van der Waals surface area contributed by atoms with Gasteiger partial charge in [0.1, 0.15) is 11.5 Å². The number of hydrogen-bond acceptors (Lipinski definition) is 1. The van der Waals surface area contributed by atoms with Crippen molar-refractivity contribution in [1.29, 1.82) is 0 Å². The summed E-state index contributed by atoms with van der Waals surface area (Å²) in [6.07, 6.45) is 0. The molecule has 0 saturated heterocycles. The summed E-state index contributed by atoms with van der Waals surface area (Å²) in [7, 11) is 0. The number of fused-ring (bicyclic) bond motifs is 6. The molecule has 9 rings (SSSR count). The van der Waals surface area contributed by atoms with Gasteiger partial charge in [0, 0.05) is 16.2 Å². The first kappa shape index (κ1) is 24.0. The zero-order valence-corrected chi connectivity index (χ0v) is 23.4. The van der Waals surface area contributed by atoms with Crippen molar-refractivity contribution < 1.29 is 4.74 Å². The molecule has 0 heterocycles. The summed E-state index contributed by atoms with van der Waals surface area (Å²) < 4.78 is 7.08. The normalized spacial score (nSPS) is 11.7. The van der Waals surface area contributed by atoms with Crippen LogP contribution in [0.2, 0.25) is 0 Å². The highest BCUT2D eigenvalue weighted by atomic mass is 16.5. The van der Waals surface area contributed by atoms with Crippen LogP contribution in [0.4, 0.5) is 0 Å². The topological polar surface area (TPSA) is 9.23 Å². The van der Waals surface area contributed by atoms with E-state index in [1.165, 1.54) is 54.2 Å². The van der Waals surface area contributed by atoms with Crippen molar-refractivity contribution in [2.75, 3.05) is 0 Å². The second-order valence-corrected chi connectivity index (χ2v) is 11.3. The molecular formula is C42H26O. The Labute approximate surface area is 249 Å². The molecule has 43 heavy (non-hydrogen) atoms. The van der Waals surface area contributed by atoms with Gasteiger partial charge in [0.2, 0.25) is 0 Å². The molecule has 0 bridgehead atoms. The Morgan fingerprint density at radius 3 is 1.37 bits per heavy atom. The van der Waals surface area contributed by atoms with Crippen molar-refractivity contribution in [2.45, 2.75) is 0 Å². The predicted molar refractivity (Wildman–Crippen MR) is 183 cm³/mol. The Kier molecular flexibility index (Phi) is 5.27. The first-order chi connectivity index (χ1) is 21.3. The highest BCUT2D eigenvalue weighted by molar-refractivity contribution is 6.22. The van der Waals surface area contributed by atoms with Gasteiger partial charge in [0.15, 0.2) is 0 Å². The molecule has 0 spiro atoms. The van der Waals surface area contributed by atoms with Gasteiger partial charge in [0.05, 0.1) is 0 Å². The molecule has 0 N–H and O–H groups in total. The van der Waals surface area contributed by atoms with Crippen molar-refractivity contribution in [1.82, 2.24) is 0 Å². The molecule has 1 nitrogen and oxygen atoms in total. The minimum atomic E-state index is 0.862. The number of hydrogen-bond donors (Lipinski definition) is 0. The van der Waals surface area contributed by atoms with Crippen molar-refractivity contribution >= 4 is 64.6 Å². The lowest BCUT2D eigenvalue weighted by molar-refractivity contribution is 0.500. The van der Waals surface area contributed by atoms with Crippen LogP contribution < -0.4 is 4.74 Å². The Bertz CT molecular complexity index is 2440. The van der Waals surface area contributed by atoms with Crippen LogP contribution in [0.1, 0.15) is 0 Å². The van der Waals surface area contributed by atoms with E-state index in [2.05, 4.69) is 158 Å². The van der Waals surface area contributed by atoms with Crippen LogP contribution in [-0.2, 0) is 0 Å². The molecule has 0 radical (unpaired) electrons. The quantitative estimate of drug-likeness (QED) is 0.200. The third-order valence-corrected chi connectivity index (χ3v) is 8.80. The van der Waals surface area contributed by atoms with Crippen molar-refractivity contribution in [2.24, 2.45) is 0 Å². The molecule has 9 aromatic rings. The third kappa shape index (κ3) is 3.86. The first-order valence-electron chi connectivity index (χ1n) is 14.8. The molecule has 200 valence electrons. The van der Waals surface area contributed by atoms with E-state index in [9.17, 15) is 0 Å². The van der Waals surface area contributed by atoms with Crippen molar-refractivity contribution in [3.05, 3.63) is 158 Å². The highest BCUT2D eigenvalue weighted by Gasteiger charge is 2.20. The number of rotatable bonds is 3. The van der Waals surface area contributed by atoms with E-state index in [1.807, 2.05) is 0 Å². The minimum absolute atomic E-state index is 0.862. The van der Waals surface area contributed by atoms with E-state index >= 15 is 0 Å². The van der Waals surface area contributed by atoms with E-state index in [-0.39, 0.29) is 0 Å². The SMILES string of the molecule is c1ccc2cc(-c3c4cc5ccccc5cc4c(Oc4cccc5ccccc45)c4cc5ccccc5cc34)ccc2c1. The average Bonchev–Trinajstić information content (AvgIpc) is 3.06. The van der Waals surface area contributed by atoms with Crippen LogP contribution in [0.25, 0.3) is 75.8 Å². The molecule has 1 heteroatoms. The Morgan fingerprint density at radius 1 is 0.302 bits per heavy atom. The number of benzene rings is 9. The highest BCUT2D eigenvalue weighted by Crippen LogP contribution is 2.48. The fourth-order valence-corrected chi connectivity index (χ4v) is 6.72. The molecule has 0 fully saturated rings. The molecule has 0 saturated carbocycles. The number of ether oxygens (including phenoxy) is 1. The largest absolute Gasteiger partial charge is 0.455 e. The van der Waals surface area contributed by atoms with Gasteiger partial charge in [-0.25, -0.2) is 0 Å². The van der Waals surface area contributed by atoms with Gasteiger partial charge in [-0.05, 0) is 96.0 Å². The maximum absolute atomic E-state index is 7.08. The van der Waals surface area contributed by atoms with Crippen LogP contribution in [0, 0.1) is 0 Å². The second-order valence-electron chi connectivity index (χ2n) is 11.3. The maximum atomic E-state index is 7.08. The molecule has 9 aromatic carbocycles. The first-order valence-corrected chi connectivity index (χ1v) is 14.8. The summed E-state index contributed by atoms with van der Waals surface area (Å²) >= 11 is 0. The summed E-state index contributed by atoms with van der Waals surface area (Å²) in [6, 6.07) is 56.7. The van der Waals surface area contributed by atoms with Gasteiger partial charge >= 0.3 is 0 Å². The smallest absolute Gasteiger partial charge is 0.143 e. The van der Waals surface area contributed by atoms with Gasteiger partial charge in [-0.1, -0.05) is 121 Å². The van der Waals surface area contributed by atoms with E-state index in [4.69, 9.17) is 4.74 Å². The van der Waals surface area contributed by atoms with Crippen LogP contribution in [0.5, 0.6) is 11.5 Å². The lowest BCUT2D eigenvalue weighted by Gasteiger charge is -2.20. The Balaban J connectivity index is 1.46. The van der Waals surface area contributed by atoms with Gasteiger partial charge in [-0.2, -0.15) is 0 Å². The summed E-state index contributed by atoms with van der Waals surface area (Å²) in [5.41, 5.74) is 2.44. The van der Waals surface area contributed by atoms with E-state index in [0.717, 1.165) is 33.0 Å². The monoisotopic (exact) mass is 546 g/mol. The summed E-state index contributed by atoms with van der Waals surface area (Å²) in [5, 5.41) is 14.2.